The molecule has 0 bridgehead atoms. The fraction of sp³-hybridized carbons (Fsp3) is 0.357. The summed E-state index contributed by atoms with van der Waals surface area (Å²) in [5.41, 5.74) is 0.901. The lowest BCUT2D eigenvalue weighted by Gasteiger charge is -2.31. The Kier molecular flexibility index (Phi) is 4.34. The van der Waals surface area contributed by atoms with Crippen LogP contribution in [0, 0.1) is 0 Å². The third kappa shape index (κ3) is 3.14. The Morgan fingerprint density at radius 3 is 2.70 bits per heavy atom. The highest BCUT2D eigenvalue weighted by atomic mass is 16.5. The predicted octanol–water partition coefficient (Wildman–Crippen LogP) is 0.0767. The van der Waals surface area contributed by atoms with Crippen molar-refractivity contribution >= 4 is 17.8 Å². The van der Waals surface area contributed by atoms with Gasteiger partial charge >= 0.3 is 17.8 Å². The molecule has 20 heavy (non-hydrogen) atoms. The minimum absolute atomic E-state index is 0.123. The van der Waals surface area contributed by atoms with Crippen molar-refractivity contribution in [1.29, 1.82) is 0 Å². The van der Waals surface area contributed by atoms with E-state index in [0.717, 1.165) is 5.56 Å². The van der Waals surface area contributed by atoms with Crippen LogP contribution in [0.4, 0.5) is 0 Å². The van der Waals surface area contributed by atoms with Gasteiger partial charge in [-0.3, -0.25) is 9.59 Å². The van der Waals surface area contributed by atoms with Crippen molar-refractivity contribution in [3.63, 3.8) is 0 Å². The number of hydrogen-bond donors (Lipinski definition) is 1. The predicted molar refractivity (Wildman–Crippen MR) is 70.4 cm³/mol. The number of hydrogen-bond acceptors (Lipinski definition) is 4. The van der Waals surface area contributed by atoms with Gasteiger partial charge in [0.25, 0.3) is 0 Å². The molecule has 2 rings (SSSR count). The summed E-state index contributed by atoms with van der Waals surface area (Å²) in [5.74, 6) is -1.92. The Morgan fingerprint density at radius 1 is 1.35 bits per heavy atom. The monoisotopic (exact) mass is 276 g/mol. The fourth-order valence-electron chi connectivity index (χ4n) is 2.03. The van der Waals surface area contributed by atoms with Gasteiger partial charge in [0.15, 0.2) is 0 Å². The molecule has 0 aromatic heterocycles. The van der Waals surface area contributed by atoms with E-state index in [2.05, 4.69) is 5.32 Å². The average molecular weight is 276 g/mol. The molecule has 1 aliphatic rings. The first-order valence-corrected chi connectivity index (χ1v) is 6.42. The van der Waals surface area contributed by atoms with Crippen LogP contribution in [-0.2, 0) is 25.7 Å². The van der Waals surface area contributed by atoms with Crippen LogP contribution < -0.4 is 5.32 Å². The molecular weight excluding hydrogens is 260 g/mol. The molecule has 0 aliphatic carbocycles. The van der Waals surface area contributed by atoms with Crippen molar-refractivity contribution in [2.45, 2.75) is 19.5 Å². The van der Waals surface area contributed by atoms with E-state index in [1.165, 1.54) is 4.90 Å². The molecule has 2 amide bonds. The number of benzene rings is 1. The second-order valence-corrected chi connectivity index (χ2v) is 4.45. The van der Waals surface area contributed by atoms with Crippen LogP contribution in [0.15, 0.2) is 30.3 Å². The first kappa shape index (κ1) is 14.0. The molecule has 106 valence electrons. The van der Waals surface area contributed by atoms with Crippen LogP contribution in [-0.4, -0.2) is 41.9 Å². The zero-order valence-electron chi connectivity index (χ0n) is 11.2. The molecule has 6 heteroatoms. The lowest BCUT2D eigenvalue weighted by molar-refractivity contribution is -0.156. The quantitative estimate of drug-likeness (QED) is 0.624. The fourth-order valence-corrected chi connectivity index (χ4v) is 2.03. The van der Waals surface area contributed by atoms with Gasteiger partial charge in [-0.25, -0.2) is 4.79 Å². The van der Waals surface area contributed by atoms with Gasteiger partial charge in [0, 0.05) is 6.54 Å². The van der Waals surface area contributed by atoms with Gasteiger partial charge in [0.1, 0.15) is 6.04 Å². The van der Waals surface area contributed by atoms with E-state index in [4.69, 9.17) is 4.74 Å². The van der Waals surface area contributed by atoms with Crippen molar-refractivity contribution in [1.82, 2.24) is 10.2 Å². The molecule has 0 radical (unpaired) electrons. The maximum Gasteiger partial charge on any atom is 0.330 e. The van der Waals surface area contributed by atoms with Crippen LogP contribution in [0.1, 0.15) is 12.5 Å². The molecule has 1 heterocycles. The van der Waals surface area contributed by atoms with Gasteiger partial charge in [-0.15, -0.1) is 0 Å². The Labute approximate surface area is 116 Å². The van der Waals surface area contributed by atoms with Gasteiger partial charge < -0.3 is 15.0 Å². The molecule has 1 atom stereocenters. The van der Waals surface area contributed by atoms with E-state index in [9.17, 15) is 14.4 Å². The molecule has 1 aromatic rings. The first-order chi connectivity index (χ1) is 9.61. The summed E-state index contributed by atoms with van der Waals surface area (Å²) in [6.07, 6.45) is 0. The van der Waals surface area contributed by atoms with Gasteiger partial charge in [-0.2, -0.15) is 0 Å². The minimum atomic E-state index is -0.802. The molecule has 0 unspecified atom stereocenters. The highest BCUT2D eigenvalue weighted by Gasteiger charge is 2.36. The summed E-state index contributed by atoms with van der Waals surface area (Å²) in [5, 5.41) is 2.36. The van der Waals surface area contributed by atoms with Crippen molar-refractivity contribution in [3.05, 3.63) is 35.9 Å². The summed E-state index contributed by atoms with van der Waals surface area (Å²) in [6, 6.07) is 8.50. The van der Waals surface area contributed by atoms with Crippen molar-refractivity contribution in [2.24, 2.45) is 0 Å². The molecule has 1 fully saturated rings. The van der Waals surface area contributed by atoms with Crippen molar-refractivity contribution in [2.75, 3.05) is 13.2 Å². The first-order valence-electron chi connectivity index (χ1n) is 6.42. The molecule has 1 saturated heterocycles. The van der Waals surface area contributed by atoms with Crippen LogP contribution in [0.25, 0.3) is 0 Å². The largest absolute Gasteiger partial charge is 0.464 e. The van der Waals surface area contributed by atoms with E-state index >= 15 is 0 Å². The lowest BCUT2D eigenvalue weighted by atomic mass is 10.1. The van der Waals surface area contributed by atoms with Gasteiger partial charge in [0.05, 0.1) is 13.2 Å². The zero-order chi connectivity index (χ0) is 14.5. The van der Waals surface area contributed by atoms with E-state index in [-0.39, 0.29) is 13.2 Å². The molecule has 1 aromatic carbocycles. The topological polar surface area (TPSA) is 75.7 Å². The smallest absolute Gasteiger partial charge is 0.330 e. The molecule has 1 N–H and O–H groups in total. The number of ether oxygens (including phenoxy) is 1. The molecule has 0 saturated carbocycles. The Balaban J connectivity index is 2.08. The second kappa shape index (κ2) is 6.18. The number of rotatable bonds is 4. The lowest BCUT2D eigenvalue weighted by Crippen LogP contribution is -2.60. The van der Waals surface area contributed by atoms with E-state index in [1.54, 1.807) is 6.92 Å². The van der Waals surface area contributed by atoms with Crippen LogP contribution >= 0.6 is 0 Å². The van der Waals surface area contributed by atoms with Crippen LogP contribution in [0.2, 0.25) is 0 Å². The Bertz CT molecular complexity index is 515. The third-order valence-corrected chi connectivity index (χ3v) is 2.98. The normalized spacial score (nSPS) is 18.6. The maximum absolute atomic E-state index is 11.8. The standard InChI is InChI=1S/C14H16N2O4/c1-2-20-14(19)11-9-16(13(18)12(17)15-11)8-10-6-4-3-5-7-10/h3-7,11H,2,8-9H2,1H3,(H,15,17)/t11-/m0/s1. The zero-order valence-corrected chi connectivity index (χ0v) is 11.2. The molecule has 1 aliphatic heterocycles. The Morgan fingerprint density at radius 2 is 2.05 bits per heavy atom. The number of piperazine rings is 1. The van der Waals surface area contributed by atoms with Gasteiger partial charge in [-0.05, 0) is 12.5 Å². The number of carbonyl (C=O) groups excluding carboxylic acids is 3. The second-order valence-electron chi connectivity index (χ2n) is 4.45. The summed E-state index contributed by atoms with van der Waals surface area (Å²) in [4.78, 5) is 36.5. The Hall–Kier alpha value is -2.37. The SMILES string of the molecule is CCOC(=O)[C@@H]1CN(Cc2ccccc2)C(=O)C(=O)N1. The summed E-state index contributed by atoms with van der Waals surface area (Å²) < 4.78 is 4.87. The summed E-state index contributed by atoms with van der Waals surface area (Å²) in [7, 11) is 0. The third-order valence-electron chi connectivity index (χ3n) is 2.98. The van der Waals surface area contributed by atoms with E-state index < -0.39 is 23.8 Å². The van der Waals surface area contributed by atoms with Crippen LogP contribution in [0.3, 0.4) is 0 Å². The average Bonchev–Trinajstić information content (AvgIpc) is 2.45. The van der Waals surface area contributed by atoms with Crippen molar-refractivity contribution in [3.8, 4) is 0 Å². The molecule has 0 spiro atoms. The van der Waals surface area contributed by atoms with Crippen LogP contribution in [0.5, 0.6) is 0 Å². The number of carbonyl (C=O) groups is 3. The van der Waals surface area contributed by atoms with Gasteiger partial charge in [-0.1, -0.05) is 30.3 Å². The number of nitrogens with one attached hydrogen (secondary N) is 1. The number of nitrogens with zero attached hydrogens (tertiary/aromatic N) is 1. The van der Waals surface area contributed by atoms with E-state index in [1.807, 2.05) is 30.3 Å². The highest BCUT2D eigenvalue weighted by Crippen LogP contribution is 2.10. The molecule has 6 nitrogen and oxygen atoms in total. The van der Waals surface area contributed by atoms with Crippen molar-refractivity contribution < 1.29 is 19.1 Å². The number of amides is 2. The number of esters is 1. The molecular formula is C14H16N2O4. The summed E-state index contributed by atoms with van der Waals surface area (Å²) in [6.45, 7) is 2.34. The summed E-state index contributed by atoms with van der Waals surface area (Å²) >= 11 is 0. The van der Waals surface area contributed by atoms with Gasteiger partial charge in [0.2, 0.25) is 0 Å². The van der Waals surface area contributed by atoms with E-state index in [0.29, 0.717) is 6.54 Å². The minimum Gasteiger partial charge on any atom is -0.464 e. The maximum atomic E-state index is 11.8. The highest BCUT2D eigenvalue weighted by molar-refractivity contribution is 6.36.